The lowest BCUT2D eigenvalue weighted by Gasteiger charge is -2.02. The van der Waals surface area contributed by atoms with Crippen LogP contribution in [0.25, 0.3) is 11.1 Å². The molecule has 0 atom stereocenters. The summed E-state index contributed by atoms with van der Waals surface area (Å²) >= 11 is 0. The first kappa shape index (κ1) is 13.8. The van der Waals surface area contributed by atoms with Gasteiger partial charge in [-0.2, -0.15) is 9.72 Å². The summed E-state index contributed by atoms with van der Waals surface area (Å²) in [7, 11) is 0. The van der Waals surface area contributed by atoms with Crippen molar-refractivity contribution in [3.8, 4) is 11.1 Å². The topological polar surface area (TPSA) is 54.6 Å². The van der Waals surface area contributed by atoms with Gasteiger partial charge < -0.3 is 5.21 Å². The molecule has 3 aromatic rings. The monoisotopic (exact) mass is 290 g/mol. The fourth-order valence-corrected chi connectivity index (χ4v) is 2.12. The van der Waals surface area contributed by atoms with E-state index < -0.39 is 5.91 Å². The Morgan fingerprint density at radius 1 is 0.818 bits per heavy atom. The van der Waals surface area contributed by atoms with E-state index in [1.165, 1.54) is 6.20 Å². The largest absolute Gasteiger partial charge is 0.427 e. The molecule has 0 aliphatic heterocycles. The molecule has 1 amide bonds. The summed E-state index contributed by atoms with van der Waals surface area (Å²) in [6.07, 6.45) is 1.42. The molecule has 0 fully saturated rings. The van der Waals surface area contributed by atoms with Crippen molar-refractivity contribution in [2.45, 2.75) is 0 Å². The van der Waals surface area contributed by atoms with Crippen LogP contribution in [0.5, 0.6) is 0 Å². The number of rotatable bonds is 2. The first-order valence-electron chi connectivity index (χ1n) is 6.85. The molecule has 22 heavy (non-hydrogen) atoms. The van der Waals surface area contributed by atoms with Crippen LogP contribution >= 0.6 is 0 Å². The molecule has 0 radical (unpaired) electrons. The Balaban J connectivity index is 1.89. The van der Waals surface area contributed by atoms with E-state index in [-0.39, 0.29) is 5.49 Å². The van der Waals surface area contributed by atoms with Crippen LogP contribution in [0.2, 0.25) is 0 Å². The van der Waals surface area contributed by atoms with Gasteiger partial charge in [-0.25, -0.2) is 0 Å². The highest BCUT2D eigenvalue weighted by atomic mass is 16.5. The third-order valence-corrected chi connectivity index (χ3v) is 3.27. The predicted molar refractivity (Wildman–Crippen MR) is 83.4 cm³/mol. The van der Waals surface area contributed by atoms with E-state index in [2.05, 4.69) is 4.99 Å². The van der Waals surface area contributed by atoms with Crippen molar-refractivity contribution in [3.63, 3.8) is 0 Å². The lowest BCUT2D eigenvalue weighted by atomic mass is 10.0. The van der Waals surface area contributed by atoms with E-state index in [1.807, 2.05) is 42.5 Å². The maximum atomic E-state index is 12.1. The molecule has 0 spiro atoms. The molecule has 4 nitrogen and oxygen atoms in total. The van der Waals surface area contributed by atoms with Crippen LogP contribution in [-0.2, 0) is 0 Å². The van der Waals surface area contributed by atoms with Crippen LogP contribution < -0.4 is 5.49 Å². The second kappa shape index (κ2) is 6.10. The number of benzene rings is 2. The van der Waals surface area contributed by atoms with E-state index in [1.54, 1.807) is 30.3 Å². The van der Waals surface area contributed by atoms with Crippen molar-refractivity contribution < 1.29 is 10.0 Å². The molecule has 3 rings (SSSR count). The lowest BCUT2D eigenvalue weighted by Crippen LogP contribution is -2.19. The van der Waals surface area contributed by atoms with E-state index >= 15 is 0 Å². The molecule has 0 bridgehead atoms. The molecule has 0 aliphatic rings. The molecule has 108 valence electrons. The average molecular weight is 290 g/mol. The number of aromatic nitrogens is 1. The number of pyridine rings is 1. The van der Waals surface area contributed by atoms with Crippen molar-refractivity contribution in [2.75, 3.05) is 0 Å². The zero-order valence-corrected chi connectivity index (χ0v) is 11.8. The third-order valence-electron chi connectivity index (χ3n) is 3.27. The Labute approximate surface area is 127 Å². The number of carbonyl (C=O) groups is 1. The minimum Gasteiger partial charge on any atom is -0.427 e. The van der Waals surface area contributed by atoms with Crippen LogP contribution in [0, 0.1) is 0 Å². The second-order valence-electron chi connectivity index (χ2n) is 4.76. The highest BCUT2D eigenvalue weighted by Crippen LogP contribution is 2.19. The molecular weight excluding hydrogens is 276 g/mol. The zero-order valence-electron chi connectivity index (χ0n) is 11.8. The Kier molecular flexibility index (Phi) is 3.83. The van der Waals surface area contributed by atoms with Gasteiger partial charge in [0, 0.05) is 11.8 Å². The molecule has 1 N–H and O–H groups in total. The summed E-state index contributed by atoms with van der Waals surface area (Å²) in [5.41, 5.74) is 2.80. The summed E-state index contributed by atoms with van der Waals surface area (Å²) in [6, 6.07) is 22.1. The first-order valence-corrected chi connectivity index (χ1v) is 6.85. The summed E-state index contributed by atoms with van der Waals surface area (Å²) in [6.45, 7) is 0. The summed E-state index contributed by atoms with van der Waals surface area (Å²) in [4.78, 5) is 16.0. The lowest BCUT2D eigenvalue weighted by molar-refractivity contribution is 0.0988. The molecule has 0 saturated heterocycles. The van der Waals surface area contributed by atoms with Crippen LogP contribution in [0.1, 0.15) is 10.4 Å². The van der Waals surface area contributed by atoms with Crippen LogP contribution in [-0.4, -0.2) is 15.8 Å². The number of nitrogens with zero attached hydrogens (tertiary/aromatic N) is 2. The number of hydrogen-bond donors (Lipinski definition) is 1. The van der Waals surface area contributed by atoms with Gasteiger partial charge >= 0.3 is 0 Å². The normalized spacial score (nSPS) is 11.4. The summed E-state index contributed by atoms with van der Waals surface area (Å²) < 4.78 is 0.816. The van der Waals surface area contributed by atoms with Gasteiger partial charge in [0.1, 0.15) is 0 Å². The van der Waals surface area contributed by atoms with Crippen LogP contribution in [0.3, 0.4) is 0 Å². The molecule has 1 aromatic heterocycles. The number of carbonyl (C=O) groups excluding carboxylic acids is 1. The minimum atomic E-state index is -0.395. The first-order chi connectivity index (χ1) is 10.7. The fraction of sp³-hybridized carbons (Fsp3) is 0. The number of hydrogen-bond acceptors (Lipinski definition) is 2. The molecule has 1 heterocycles. The van der Waals surface area contributed by atoms with Crippen molar-refractivity contribution in [3.05, 3.63) is 90.0 Å². The van der Waals surface area contributed by atoms with Gasteiger partial charge in [-0.05, 0) is 35.4 Å². The summed E-state index contributed by atoms with van der Waals surface area (Å²) in [5, 5.41) is 9.57. The maximum Gasteiger partial charge on any atom is 0.279 e. The van der Waals surface area contributed by atoms with Gasteiger partial charge in [0.2, 0.25) is 0 Å². The zero-order chi connectivity index (χ0) is 15.4. The molecule has 2 aromatic carbocycles. The number of amides is 1. The predicted octanol–water partition coefficient (Wildman–Crippen LogP) is 3.13. The minimum absolute atomic E-state index is 0.194. The summed E-state index contributed by atoms with van der Waals surface area (Å²) in [5.74, 6) is -0.395. The SMILES string of the molecule is O=C(N=c1ccccn1O)c1ccc(-c2ccccc2)cc1. The van der Waals surface area contributed by atoms with Gasteiger partial charge in [-0.3, -0.25) is 4.79 Å². The van der Waals surface area contributed by atoms with E-state index in [0.29, 0.717) is 5.56 Å². The van der Waals surface area contributed by atoms with Crippen LogP contribution in [0.4, 0.5) is 0 Å². The van der Waals surface area contributed by atoms with Crippen molar-refractivity contribution in [1.29, 1.82) is 0 Å². The van der Waals surface area contributed by atoms with Gasteiger partial charge in [-0.15, -0.1) is 0 Å². The quantitative estimate of drug-likeness (QED) is 0.737. The van der Waals surface area contributed by atoms with E-state index in [4.69, 9.17) is 0 Å². The fourth-order valence-electron chi connectivity index (χ4n) is 2.12. The van der Waals surface area contributed by atoms with Crippen molar-refractivity contribution in [2.24, 2.45) is 4.99 Å². The van der Waals surface area contributed by atoms with Gasteiger partial charge in [0.15, 0.2) is 5.49 Å². The van der Waals surface area contributed by atoms with Crippen molar-refractivity contribution in [1.82, 2.24) is 4.73 Å². The third kappa shape index (κ3) is 2.96. The highest BCUT2D eigenvalue weighted by Gasteiger charge is 2.05. The Hall–Kier alpha value is -3.14. The van der Waals surface area contributed by atoms with E-state index in [9.17, 15) is 10.0 Å². The molecular formula is C18H14N2O2. The van der Waals surface area contributed by atoms with Crippen molar-refractivity contribution >= 4 is 5.91 Å². The molecule has 4 heteroatoms. The Bertz CT molecular complexity index is 850. The molecule has 0 saturated carbocycles. The van der Waals surface area contributed by atoms with E-state index in [0.717, 1.165) is 15.9 Å². The van der Waals surface area contributed by atoms with Gasteiger partial charge in [0.25, 0.3) is 5.91 Å². The Morgan fingerprint density at radius 3 is 2.14 bits per heavy atom. The average Bonchev–Trinajstić information content (AvgIpc) is 2.58. The standard InChI is InChI=1S/C18H14N2O2/c21-18(19-17-8-4-5-13-20(17)22)16-11-9-15(10-12-16)14-6-2-1-3-7-14/h1-13,22H. The molecule has 0 unspecified atom stereocenters. The second-order valence-corrected chi connectivity index (χ2v) is 4.76. The smallest absolute Gasteiger partial charge is 0.279 e. The molecule has 0 aliphatic carbocycles. The van der Waals surface area contributed by atoms with Gasteiger partial charge in [-0.1, -0.05) is 48.5 Å². The Morgan fingerprint density at radius 2 is 1.45 bits per heavy atom. The van der Waals surface area contributed by atoms with Gasteiger partial charge in [0.05, 0.1) is 0 Å². The van der Waals surface area contributed by atoms with Crippen LogP contribution in [0.15, 0.2) is 84.0 Å². The highest BCUT2D eigenvalue weighted by molar-refractivity contribution is 5.95. The maximum absolute atomic E-state index is 12.1.